The number of amides is 1. The molecule has 1 aliphatic rings. The number of esters is 1. The summed E-state index contributed by atoms with van der Waals surface area (Å²) in [5.74, 6) is -0.255. The molecule has 5 nitrogen and oxygen atoms in total. The highest BCUT2D eigenvalue weighted by atomic mass is 16.5. The molecule has 1 rings (SSSR count). The Morgan fingerprint density at radius 1 is 1.30 bits per heavy atom. The van der Waals surface area contributed by atoms with Gasteiger partial charge >= 0.3 is 5.97 Å². The number of nitrogens with one attached hydrogen (secondary N) is 2. The largest absolute Gasteiger partial charge is 0.466 e. The van der Waals surface area contributed by atoms with Crippen LogP contribution in [-0.2, 0) is 14.3 Å². The van der Waals surface area contributed by atoms with Crippen LogP contribution in [0.2, 0.25) is 0 Å². The topological polar surface area (TPSA) is 67.4 Å². The minimum absolute atomic E-state index is 0.0229. The first kappa shape index (κ1) is 16.7. The Balaban J connectivity index is 1.97. The van der Waals surface area contributed by atoms with E-state index in [0.717, 1.165) is 6.42 Å². The Hall–Kier alpha value is -1.36. The van der Waals surface area contributed by atoms with Crippen LogP contribution in [0, 0.1) is 0 Å². The monoisotopic (exact) mass is 282 g/mol. The van der Waals surface area contributed by atoms with Crippen molar-refractivity contribution in [3.05, 3.63) is 11.6 Å². The van der Waals surface area contributed by atoms with E-state index in [1.165, 1.54) is 31.3 Å². The van der Waals surface area contributed by atoms with Crippen LogP contribution in [0.15, 0.2) is 11.6 Å². The van der Waals surface area contributed by atoms with Gasteiger partial charge in [0.2, 0.25) is 5.91 Å². The van der Waals surface area contributed by atoms with Gasteiger partial charge in [0.15, 0.2) is 0 Å². The molecule has 1 aliphatic carbocycles. The summed E-state index contributed by atoms with van der Waals surface area (Å²) in [6.45, 7) is 3.59. The summed E-state index contributed by atoms with van der Waals surface area (Å²) in [4.78, 5) is 22.6. The summed E-state index contributed by atoms with van der Waals surface area (Å²) < 4.78 is 4.80. The zero-order valence-electron chi connectivity index (χ0n) is 12.4. The predicted octanol–water partition coefficient (Wildman–Crippen LogP) is 1.54. The highest BCUT2D eigenvalue weighted by Crippen LogP contribution is 2.19. The lowest BCUT2D eigenvalue weighted by Crippen LogP contribution is -2.35. The van der Waals surface area contributed by atoms with Crippen LogP contribution in [-0.4, -0.2) is 38.1 Å². The first-order valence-corrected chi connectivity index (χ1v) is 7.53. The number of carbonyl (C=O) groups is 2. The third kappa shape index (κ3) is 7.94. The molecule has 0 saturated heterocycles. The van der Waals surface area contributed by atoms with Gasteiger partial charge in [-0.2, -0.15) is 0 Å². The van der Waals surface area contributed by atoms with Crippen LogP contribution in [0.4, 0.5) is 0 Å². The van der Waals surface area contributed by atoms with Crippen LogP contribution in [0.3, 0.4) is 0 Å². The molecule has 5 heteroatoms. The zero-order valence-corrected chi connectivity index (χ0v) is 12.4. The molecule has 0 aromatic rings. The fraction of sp³-hybridized carbons (Fsp3) is 0.733. The average Bonchev–Trinajstić information content (AvgIpc) is 2.45. The fourth-order valence-electron chi connectivity index (χ4n) is 2.18. The Kier molecular flexibility index (Phi) is 8.71. The number of ether oxygens (including phenoxy) is 1. The van der Waals surface area contributed by atoms with Crippen LogP contribution < -0.4 is 10.6 Å². The third-order valence-corrected chi connectivity index (χ3v) is 3.25. The number of allylic oxidation sites excluding steroid dienone is 1. The second-order valence-corrected chi connectivity index (χ2v) is 4.94. The van der Waals surface area contributed by atoms with E-state index >= 15 is 0 Å². The molecule has 20 heavy (non-hydrogen) atoms. The van der Waals surface area contributed by atoms with Gasteiger partial charge in [0, 0.05) is 13.1 Å². The smallest absolute Gasteiger partial charge is 0.307 e. The Morgan fingerprint density at radius 3 is 2.85 bits per heavy atom. The normalized spacial score (nSPS) is 14.6. The number of rotatable bonds is 9. The molecule has 0 bridgehead atoms. The molecule has 0 aromatic heterocycles. The van der Waals surface area contributed by atoms with Gasteiger partial charge in [0.1, 0.15) is 0 Å². The van der Waals surface area contributed by atoms with Crippen molar-refractivity contribution in [1.29, 1.82) is 0 Å². The number of hydrogen-bond donors (Lipinski definition) is 2. The lowest BCUT2D eigenvalue weighted by molar-refractivity contribution is -0.143. The summed E-state index contributed by atoms with van der Waals surface area (Å²) in [5.41, 5.74) is 1.46. The van der Waals surface area contributed by atoms with E-state index in [1.54, 1.807) is 6.92 Å². The first-order chi connectivity index (χ1) is 9.72. The number of hydrogen-bond acceptors (Lipinski definition) is 4. The molecule has 0 unspecified atom stereocenters. The van der Waals surface area contributed by atoms with Crippen molar-refractivity contribution in [2.24, 2.45) is 0 Å². The maximum absolute atomic E-state index is 11.5. The molecular weight excluding hydrogens is 256 g/mol. The molecule has 0 atom stereocenters. The van der Waals surface area contributed by atoms with Gasteiger partial charge < -0.3 is 15.4 Å². The van der Waals surface area contributed by atoms with Gasteiger partial charge in [0.05, 0.1) is 19.6 Å². The fourth-order valence-corrected chi connectivity index (χ4v) is 2.18. The second-order valence-electron chi connectivity index (χ2n) is 4.94. The molecule has 0 aromatic carbocycles. The maximum Gasteiger partial charge on any atom is 0.307 e. The van der Waals surface area contributed by atoms with Crippen molar-refractivity contribution in [2.75, 3.05) is 26.2 Å². The van der Waals surface area contributed by atoms with E-state index in [0.29, 0.717) is 26.1 Å². The SMILES string of the molecule is CCOC(=O)CCNCC(=O)NCCC1=CCCCC1. The summed E-state index contributed by atoms with van der Waals surface area (Å²) in [7, 11) is 0. The van der Waals surface area contributed by atoms with Gasteiger partial charge in [-0.1, -0.05) is 11.6 Å². The van der Waals surface area contributed by atoms with E-state index in [1.807, 2.05) is 0 Å². The summed E-state index contributed by atoms with van der Waals surface area (Å²) >= 11 is 0. The van der Waals surface area contributed by atoms with Crippen molar-refractivity contribution in [3.63, 3.8) is 0 Å². The molecule has 2 N–H and O–H groups in total. The number of carbonyl (C=O) groups excluding carboxylic acids is 2. The molecule has 0 radical (unpaired) electrons. The summed E-state index contributed by atoms with van der Waals surface area (Å²) in [6.07, 6.45) is 8.47. The molecule has 114 valence electrons. The molecule has 0 aliphatic heterocycles. The zero-order chi connectivity index (χ0) is 14.6. The van der Waals surface area contributed by atoms with E-state index in [-0.39, 0.29) is 18.4 Å². The van der Waals surface area contributed by atoms with Gasteiger partial charge in [-0.25, -0.2) is 0 Å². The Morgan fingerprint density at radius 2 is 2.15 bits per heavy atom. The van der Waals surface area contributed by atoms with Gasteiger partial charge in [-0.3, -0.25) is 9.59 Å². The first-order valence-electron chi connectivity index (χ1n) is 7.53. The molecular formula is C15H26N2O3. The minimum Gasteiger partial charge on any atom is -0.466 e. The Bertz CT molecular complexity index is 340. The van der Waals surface area contributed by atoms with E-state index in [2.05, 4.69) is 16.7 Å². The molecule has 0 fully saturated rings. The van der Waals surface area contributed by atoms with Crippen LogP contribution in [0.5, 0.6) is 0 Å². The van der Waals surface area contributed by atoms with Crippen molar-refractivity contribution in [2.45, 2.75) is 45.4 Å². The standard InChI is InChI=1S/C15H26N2O3/c1-2-20-15(19)9-10-16-12-14(18)17-11-8-13-6-4-3-5-7-13/h6,16H,2-5,7-12H2,1H3,(H,17,18). The quantitative estimate of drug-likeness (QED) is 0.382. The van der Waals surface area contributed by atoms with Crippen molar-refractivity contribution in [3.8, 4) is 0 Å². The van der Waals surface area contributed by atoms with E-state index in [4.69, 9.17) is 4.74 Å². The second kappa shape index (κ2) is 10.4. The molecule has 0 heterocycles. The van der Waals surface area contributed by atoms with Crippen LogP contribution in [0.1, 0.15) is 45.4 Å². The van der Waals surface area contributed by atoms with Gasteiger partial charge in [-0.05, 0) is 39.0 Å². The lowest BCUT2D eigenvalue weighted by atomic mass is 9.97. The van der Waals surface area contributed by atoms with E-state index in [9.17, 15) is 9.59 Å². The molecule has 0 saturated carbocycles. The van der Waals surface area contributed by atoms with Crippen molar-refractivity contribution < 1.29 is 14.3 Å². The molecule has 0 spiro atoms. The maximum atomic E-state index is 11.5. The highest BCUT2D eigenvalue weighted by Gasteiger charge is 2.05. The van der Waals surface area contributed by atoms with Gasteiger partial charge in [0.25, 0.3) is 0 Å². The lowest BCUT2D eigenvalue weighted by Gasteiger charge is -2.13. The summed E-state index contributed by atoms with van der Waals surface area (Å²) in [5, 5.41) is 5.82. The van der Waals surface area contributed by atoms with Crippen LogP contribution in [0.25, 0.3) is 0 Å². The average molecular weight is 282 g/mol. The van der Waals surface area contributed by atoms with Crippen molar-refractivity contribution >= 4 is 11.9 Å². The van der Waals surface area contributed by atoms with Crippen molar-refractivity contribution in [1.82, 2.24) is 10.6 Å². The van der Waals surface area contributed by atoms with Crippen LogP contribution >= 0.6 is 0 Å². The Labute approximate surface area is 121 Å². The summed E-state index contributed by atoms with van der Waals surface area (Å²) in [6, 6.07) is 0. The highest BCUT2D eigenvalue weighted by molar-refractivity contribution is 5.78. The molecule has 1 amide bonds. The van der Waals surface area contributed by atoms with Gasteiger partial charge in [-0.15, -0.1) is 0 Å². The minimum atomic E-state index is -0.232. The van der Waals surface area contributed by atoms with E-state index < -0.39 is 0 Å². The predicted molar refractivity (Wildman–Crippen MR) is 78.3 cm³/mol. The third-order valence-electron chi connectivity index (χ3n) is 3.25.